The maximum atomic E-state index is 12.8. The molecular formula is C17H13BrN2O2. The molecule has 0 fully saturated rings. The maximum Gasteiger partial charge on any atom is 0.268 e. The minimum absolute atomic E-state index is 0.342. The molecule has 22 heavy (non-hydrogen) atoms. The lowest BCUT2D eigenvalue weighted by molar-refractivity contribution is -0.131. The lowest BCUT2D eigenvalue weighted by atomic mass is 9.87. The molecule has 0 radical (unpaired) electrons. The number of anilines is 1. The van der Waals surface area contributed by atoms with Crippen molar-refractivity contribution >= 4 is 38.4 Å². The van der Waals surface area contributed by atoms with E-state index in [1.165, 1.54) is 4.90 Å². The number of likely N-dealkylation sites (N-methyl/N-ethyl adjacent to an activating group) is 1. The Morgan fingerprint density at radius 3 is 2.77 bits per heavy atom. The first-order valence-electron chi connectivity index (χ1n) is 6.90. The summed E-state index contributed by atoms with van der Waals surface area (Å²) in [6.07, 6.45) is 1.71. The lowest BCUT2D eigenvalue weighted by Gasteiger charge is -2.21. The standard InChI is InChI=1S/C17H13BrN2O2/c1-20-15-7-6-10(18)8-12(15)17(22,16(20)21)13-9-19-14-5-3-2-4-11(13)14/h2-9,19,22H,1H3/t17-/m0/s1. The van der Waals surface area contributed by atoms with Crippen LogP contribution in [0.2, 0.25) is 0 Å². The Bertz CT molecular complexity index is 918. The van der Waals surface area contributed by atoms with E-state index < -0.39 is 5.60 Å². The molecule has 1 atom stereocenters. The minimum Gasteiger partial charge on any atom is -0.372 e. The Morgan fingerprint density at radius 1 is 1.18 bits per heavy atom. The molecule has 3 aromatic rings. The SMILES string of the molecule is CN1C(=O)[C@@](O)(c2c[nH]c3ccccc23)c2cc(Br)ccc21. The molecule has 110 valence electrons. The molecule has 4 rings (SSSR count). The van der Waals surface area contributed by atoms with Gasteiger partial charge in [-0.25, -0.2) is 0 Å². The molecule has 4 nitrogen and oxygen atoms in total. The molecule has 0 saturated heterocycles. The van der Waals surface area contributed by atoms with E-state index in [2.05, 4.69) is 20.9 Å². The molecule has 0 spiro atoms. The van der Waals surface area contributed by atoms with Crippen molar-refractivity contribution in [2.45, 2.75) is 5.60 Å². The van der Waals surface area contributed by atoms with Crippen LogP contribution in [0, 0.1) is 0 Å². The van der Waals surface area contributed by atoms with Gasteiger partial charge in [-0.15, -0.1) is 0 Å². The maximum absolute atomic E-state index is 12.8. The average Bonchev–Trinajstić information content (AvgIpc) is 3.03. The van der Waals surface area contributed by atoms with E-state index in [-0.39, 0.29) is 5.91 Å². The molecule has 0 aliphatic carbocycles. The number of fused-ring (bicyclic) bond motifs is 2. The molecule has 0 bridgehead atoms. The number of rotatable bonds is 1. The zero-order chi connectivity index (χ0) is 15.5. The van der Waals surface area contributed by atoms with E-state index >= 15 is 0 Å². The van der Waals surface area contributed by atoms with Gasteiger partial charge in [-0.05, 0) is 24.3 Å². The van der Waals surface area contributed by atoms with Crippen molar-refractivity contribution in [3.63, 3.8) is 0 Å². The molecule has 2 heterocycles. The second-order valence-electron chi connectivity index (χ2n) is 5.48. The zero-order valence-electron chi connectivity index (χ0n) is 11.8. The minimum atomic E-state index is -1.67. The van der Waals surface area contributed by atoms with Crippen molar-refractivity contribution in [2.24, 2.45) is 0 Å². The van der Waals surface area contributed by atoms with Gasteiger partial charge in [0.05, 0.1) is 5.69 Å². The van der Waals surface area contributed by atoms with Crippen LogP contribution < -0.4 is 4.90 Å². The van der Waals surface area contributed by atoms with E-state index in [0.717, 1.165) is 21.1 Å². The number of nitrogens with zero attached hydrogens (tertiary/aromatic N) is 1. The monoisotopic (exact) mass is 356 g/mol. The van der Waals surface area contributed by atoms with Crippen molar-refractivity contribution in [3.8, 4) is 0 Å². The number of hydrogen-bond donors (Lipinski definition) is 2. The molecule has 1 aromatic heterocycles. The topological polar surface area (TPSA) is 56.3 Å². The quantitative estimate of drug-likeness (QED) is 0.703. The van der Waals surface area contributed by atoms with Gasteiger partial charge in [0.2, 0.25) is 0 Å². The second kappa shape index (κ2) is 4.44. The van der Waals surface area contributed by atoms with Crippen molar-refractivity contribution in [3.05, 3.63) is 64.3 Å². The average molecular weight is 357 g/mol. The summed E-state index contributed by atoms with van der Waals surface area (Å²) in [4.78, 5) is 17.4. The van der Waals surface area contributed by atoms with Gasteiger partial charge in [0.15, 0.2) is 5.60 Å². The molecule has 1 amide bonds. The van der Waals surface area contributed by atoms with Gasteiger partial charge in [-0.1, -0.05) is 34.1 Å². The van der Waals surface area contributed by atoms with Crippen molar-refractivity contribution in [2.75, 3.05) is 11.9 Å². The van der Waals surface area contributed by atoms with Crippen LogP contribution in [0.4, 0.5) is 5.69 Å². The predicted octanol–water partition coefficient (Wildman–Crippen LogP) is 3.14. The van der Waals surface area contributed by atoms with Crippen LogP contribution in [0.1, 0.15) is 11.1 Å². The first-order chi connectivity index (χ1) is 10.5. The molecule has 0 saturated carbocycles. The van der Waals surface area contributed by atoms with Gasteiger partial charge in [0.1, 0.15) is 0 Å². The number of para-hydroxylation sites is 1. The number of aliphatic hydroxyl groups is 1. The highest BCUT2D eigenvalue weighted by atomic mass is 79.9. The normalized spacial score (nSPS) is 20.7. The van der Waals surface area contributed by atoms with Crippen molar-refractivity contribution < 1.29 is 9.90 Å². The van der Waals surface area contributed by atoms with E-state index in [1.807, 2.05) is 36.4 Å². The molecule has 2 aromatic carbocycles. The summed E-state index contributed by atoms with van der Waals surface area (Å²) in [5.74, 6) is -0.342. The number of hydrogen-bond acceptors (Lipinski definition) is 2. The van der Waals surface area contributed by atoms with E-state index in [1.54, 1.807) is 19.3 Å². The Morgan fingerprint density at radius 2 is 1.95 bits per heavy atom. The lowest BCUT2D eigenvalue weighted by Crippen LogP contribution is -2.39. The fourth-order valence-electron chi connectivity index (χ4n) is 3.19. The Labute approximate surface area is 135 Å². The third-order valence-electron chi connectivity index (χ3n) is 4.30. The first kappa shape index (κ1) is 13.5. The smallest absolute Gasteiger partial charge is 0.268 e. The highest BCUT2D eigenvalue weighted by molar-refractivity contribution is 9.10. The molecule has 5 heteroatoms. The van der Waals surface area contributed by atoms with Crippen LogP contribution in [-0.4, -0.2) is 23.0 Å². The summed E-state index contributed by atoms with van der Waals surface area (Å²) < 4.78 is 0.826. The summed E-state index contributed by atoms with van der Waals surface area (Å²) in [6.45, 7) is 0. The molecule has 2 N–H and O–H groups in total. The van der Waals surface area contributed by atoms with E-state index in [0.29, 0.717) is 11.1 Å². The number of halogens is 1. The van der Waals surface area contributed by atoms with Gasteiger partial charge < -0.3 is 15.0 Å². The van der Waals surface area contributed by atoms with Crippen LogP contribution >= 0.6 is 15.9 Å². The molecule has 1 aliphatic heterocycles. The summed E-state index contributed by atoms with van der Waals surface area (Å²) in [5, 5.41) is 12.2. The number of benzene rings is 2. The highest BCUT2D eigenvalue weighted by Crippen LogP contribution is 2.46. The highest BCUT2D eigenvalue weighted by Gasteiger charge is 2.51. The Kier molecular flexibility index (Phi) is 2.74. The van der Waals surface area contributed by atoms with Gasteiger partial charge in [0, 0.05) is 39.7 Å². The number of H-pyrrole nitrogens is 1. The fraction of sp³-hybridized carbons (Fsp3) is 0.118. The number of amides is 1. The number of carbonyl (C=O) groups excluding carboxylic acids is 1. The van der Waals surface area contributed by atoms with Gasteiger partial charge in [0.25, 0.3) is 5.91 Å². The number of carbonyl (C=O) groups is 1. The van der Waals surface area contributed by atoms with Gasteiger partial charge in [-0.2, -0.15) is 0 Å². The van der Waals surface area contributed by atoms with Gasteiger partial charge in [-0.3, -0.25) is 4.79 Å². The number of nitrogens with one attached hydrogen (secondary N) is 1. The van der Waals surface area contributed by atoms with Gasteiger partial charge >= 0.3 is 0 Å². The van der Waals surface area contributed by atoms with Crippen LogP contribution in [0.15, 0.2) is 53.1 Å². The summed E-state index contributed by atoms with van der Waals surface area (Å²) in [6, 6.07) is 13.1. The number of aromatic amines is 1. The third kappa shape index (κ3) is 1.58. The van der Waals surface area contributed by atoms with Crippen molar-refractivity contribution in [1.29, 1.82) is 0 Å². The summed E-state index contributed by atoms with van der Waals surface area (Å²) >= 11 is 3.42. The summed E-state index contributed by atoms with van der Waals surface area (Å²) in [7, 11) is 1.68. The van der Waals surface area contributed by atoms with Crippen LogP contribution in [0.5, 0.6) is 0 Å². The molecule has 0 unspecified atom stereocenters. The second-order valence-corrected chi connectivity index (χ2v) is 6.40. The van der Waals surface area contributed by atoms with E-state index in [9.17, 15) is 9.90 Å². The van der Waals surface area contributed by atoms with Crippen molar-refractivity contribution in [1.82, 2.24) is 4.98 Å². The largest absolute Gasteiger partial charge is 0.372 e. The van der Waals surface area contributed by atoms with Crippen LogP contribution in [0.3, 0.4) is 0 Å². The Hall–Kier alpha value is -2.11. The zero-order valence-corrected chi connectivity index (χ0v) is 13.4. The predicted molar refractivity (Wildman–Crippen MR) is 88.8 cm³/mol. The molecule has 1 aliphatic rings. The first-order valence-corrected chi connectivity index (χ1v) is 7.70. The Balaban J connectivity index is 2.05. The van der Waals surface area contributed by atoms with Crippen LogP contribution in [0.25, 0.3) is 10.9 Å². The molecular weight excluding hydrogens is 344 g/mol. The fourth-order valence-corrected chi connectivity index (χ4v) is 3.55. The van der Waals surface area contributed by atoms with Crippen LogP contribution in [-0.2, 0) is 10.4 Å². The number of aromatic nitrogens is 1. The van der Waals surface area contributed by atoms with E-state index in [4.69, 9.17) is 0 Å². The third-order valence-corrected chi connectivity index (χ3v) is 4.80. The summed E-state index contributed by atoms with van der Waals surface area (Å²) in [5.41, 5.74) is 1.12.